The van der Waals surface area contributed by atoms with Gasteiger partial charge in [-0.25, -0.2) is 8.78 Å². The van der Waals surface area contributed by atoms with Crippen molar-refractivity contribution < 1.29 is 18.4 Å². The minimum atomic E-state index is -0.626. The van der Waals surface area contributed by atoms with Crippen LogP contribution >= 0.6 is 0 Å². The molecule has 4 nitrogen and oxygen atoms in total. The molecule has 0 saturated heterocycles. The van der Waals surface area contributed by atoms with Gasteiger partial charge in [-0.2, -0.15) is 0 Å². The van der Waals surface area contributed by atoms with Crippen molar-refractivity contribution in [2.24, 2.45) is 23.2 Å². The van der Waals surface area contributed by atoms with E-state index in [2.05, 4.69) is 10.6 Å². The highest BCUT2D eigenvalue weighted by Gasteiger charge is 2.54. The van der Waals surface area contributed by atoms with E-state index in [0.29, 0.717) is 29.7 Å². The molecule has 2 N–H and O–H groups in total. The molecule has 6 heteroatoms. The molecule has 2 amide bonds. The van der Waals surface area contributed by atoms with Gasteiger partial charge in [0.15, 0.2) is 0 Å². The third-order valence-electron chi connectivity index (χ3n) is 6.59. The lowest BCUT2D eigenvalue weighted by molar-refractivity contribution is -0.147. The zero-order valence-corrected chi connectivity index (χ0v) is 15.4. The second-order valence-electron chi connectivity index (χ2n) is 8.76. The summed E-state index contributed by atoms with van der Waals surface area (Å²) in [5, 5.41) is 5.54. The van der Waals surface area contributed by atoms with Crippen LogP contribution in [0.2, 0.25) is 0 Å². The van der Waals surface area contributed by atoms with Crippen LogP contribution in [0.15, 0.2) is 18.2 Å². The molecule has 4 saturated carbocycles. The van der Waals surface area contributed by atoms with Crippen molar-refractivity contribution in [2.45, 2.75) is 44.9 Å². The first-order valence-electron chi connectivity index (χ1n) is 9.92. The van der Waals surface area contributed by atoms with Gasteiger partial charge in [-0.1, -0.05) is 0 Å². The predicted octanol–water partition coefficient (Wildman–Crippen LogP) is 2.96. The fourth-order valence-corrected chi connectivity index (χ4v) is 5.90. The van der Waals surface area contributed by atoms with Crippen molar-refractivity contribution in [3.63, 3.8) is 0 Å². The summed E-state index contributed by atoms with van der Waals surface area (Å²) in [5.41, 5.74) is 0.235. The Morgan fingerprint density at radius 2 is 1.48 bits per heavy atom. The molecule has 0 aliphatic heterocycles. The highest BCUT2D eigenvalue weighted by molar-refractivity contribution is 5.88. The van der Waals surface area contributed by atoms with Crippen LogP contribution < -0.4 is 10.6 Å². The molecule has 4 bridgehead atoms. The van der Waals surface area contributed by atoms with Crippen molar-refractivity contribution >= 4 is 11.8 Å². The van der Waals surface area contributed by atoms with E-state index >= 15 is 0 Å². The molecule has 0 unspecified atom stereocenters. The lowest BCUT2D eigenvalue weighted by atomic mass is 9.49. The van der Waals surface area contributed by atoms with Crippen LogP contribution in [0.25, 0.3) is 0 Å². The molecule has 4 fully saturated rings. The summed E-state index contributed by atoms with van der Waals surface area (Å²) in [6.45, 7) is 0.229. The highest BCUT2D eigenvalue weighted by Crippen LogP contribution is 2.60. The fraction of sp³-hybridized carbons (Fsp3) is 0.619. The van der Waals surface area contributed by atoms with E-state index in [0.717, 1.165) is 25.3 Å². The number of nitrogens with one attached hydrogen (secondary N) is 2. The number of rotatable bonds is 6. The Kier molecular flexibility index (Phi) is 4.91. The molecule has 0 heterocycles. The molecule has 0 atom stereocenters. The number of hydrogen-bond donors (Lipinski definition) is 2. The van der Waals surface area contributed by atoms with Crippen molar-refractivity contribution in [1.29, 1.82) is 0 Å². The smallest absolute Gasteiger partial charge is 0.239 e. The second kappa shape index (κ2) is 7.21. The van der Waals surface area contributed by atoms with Gasteiger partial charge >= 0.3 is 0 Å². The standard InChI is InChI=1S/C21H26F2N2O2/c22-17-6-13(7-18(23)8-17)1-2-24-19(26)12-25-20(27)21-9-14-3-15(10-21)5-16(4-14)11-21/h6-8,14-16H,1-5,9-12H2,(H,24,26)(H,25,27). The Morgan fingerprint density at radius 3 is 2.04 bits per heavy atom. The summed E-state index contributed by atoms with van der Waals surface area (Å²) in [5.74, 6) is 0.555. The van der Waals surface area contributed by atoms with Crippen molar-refractivity contribution in [2.75, 3.05) is 13.1 Å². The molecule has 1 aromatic carbocycles. The van der Waals surface area contributed by atoms with E-state index in [1.807, 2.05) is 0 Å². The Labute approximate surface area is 158 Å². The van der Waals surface area contributed by atoms with Gasteiger partial charge < -0.3 is 10.6 Å². The first-order valence-corrected chi connectivity index (χ1v) is 9.92. The summed E-state index contributed by atoms with van der Waals surface area (Å²) < 4.78 is 26.3. The van der Waals surface area contributed by atoms with E-state index in [4.69, 9.17) is 0 Å². The van der Waals surface area contributed by atoms with Crippen molar-refractivity contribution in [3.05, 3.63) is 35.4 Å². The minimum absolute atomic E-state index is 0.0314. The third kappa shape index (κ3) is 3.99. The number of amides is 2. The molecular weight excluding hydrogens is 350 g/mol. The number of halogens is 2. The van der Waals surface area contributed by atoms with Crippen LogP contribution in [0.4, 0.5) is 8.78 Å². The summed E-state index contributed by atoms with van der Waals surface area (Å²) in [6.07, 6.45) is 7.06. The summed E-state index contributed by atoms with van der Waals surface area (Å²) >= 11 is 0. The molecule has 1 aromatic rings. The van der Waals surface area contributed by atoms with Gasteiger partial charge in [-0.3, -0.25) is 9.59 Å². The number of hydrogen-bond acceptors (Lipinski definition) is 2. The first-order chi connectivity index (χ1) is 12.9. The topological polar surface area (TPSA) is 58.2 Å². The van der Waals surface area contributed by atoms with Crippen LogP contribution in [0.3, 0.4) is 0 Å². The summed E-state index contributed by atoms with van der Waals surface area (Å²) in [7, 11) is 0. The van der Waals surface area contributed by atoms with E-state index < -0.39 is 11.6 Å². The molecule has 4 aliphatic rings. The zero-order chi connectivity index (χ0) is 19.0. The average Bonchev–Trinajstić information content (AvgIpc) is 2.57. The van der Waals surface area contributed by atoms with E-state index in [9.17, 15) is 18.4 Å². The first kappa shape index (κ1) is 18.4. The normalized spacial score (nSPS) is 31.0. The van der Waals surface area contributed by atoms with E-state index in [1.54, 1.807) is 0 Å². The van der Waals surface area contributed by atoms with Gasteiger partial charge in [0.1, 0.15) is 11.6 Å². The second-order valence-corrected chi connectivity index (χ2v) is 8.76. The van der Waals surface area contributed by atoms with Crippen LogP contribution in [-0.4, -0.2) is 24.9 Å². The third-order valence-corrected chi connectivity index (χ3v) is 6.59. The lowest BCUT2D eigenvalue weighted by Crippen LogP contribution is -2.54. The molecule has 146 valence electrons. The van der Waals surface area contributed by atoms with Crippen molar-refractivity contribution in [3.8, 4) is 0 Å². The van der Waals surface area contributed by atoms with Gasteiger partial charge in [0.2, 0.25) is 11.8 Å². The maximum absolute atomic E-state index is 13.2. The maximum Gasteiger partial charge on any atom is 0.239 e. The van der Waals surface area contributed by atoms with Crippen LogP contribution in [0.1, 0.15) is 44.1 Å². The molecule has 0 aromatic heterocycles. The minimum Gasteiger partial charge on any atom is -0.354 e. The van der Waals surface area contributed by atoms with E-state index in [1.165, 1.54) is 31.4 Å². The summed E-state index contributed by atoms with van der Waals surface area (Å²) in [4.78, 5) is 24.8. The Balaban J connectivity index is 1.23. The predicted molar refractivity (Wildman–Crippen MR) is 96.7 cm³/mol. The number of carbonyl (C=O) groups is 2. The Hall–Kier alpha value is -1.98. The number of carbonyl (C=O) groups excluding carboxylic acids is 2. The molecule has 5 rings (SSSR count). The Bertz CT molecular complexity index is 694. The van der Waals surface area contributed by atoms with Gasteiger partial charge in [0, 0.05) is 18.0 Å². The molecule has 27 heavy (non-hydrogen) atoms. The van der Waals surface area contributed by atoms with Crippen LogP contribution in [-0.2, 0) is 16.0 Å². The largest absolute Gasteiger partial charge is 0.354 e. The fourth-order valence-electron chi connectivity index (χ4n) is 5.90. The monoisotopic (exact) mass is 376 g/mol. The quantitative estimate of drug-likeness (QED) is 0.802. The van der Waals surface area contributed by atoms with Crippen molar-refractivity contribution in [1.82, 2.24) is 10.6 Å². The summed E-state index contributed by atoms with van der Waals surface area (Å²) in [6, 6.07) is 3.33. The van der Waals surface area contributed by atoms with Gasteiger partial charge in [0.25, 0.3) is 0 Å². The van der Waals surface area contributed by atoms with Crippen LogP contribution in [0, 0.1) is 34.8 Å². The highest BCUT2D eigenvalue weighted by atomic mass is 19.1. The molecule has 4 aliphatic carbocycles. The van der Waals surface area contributed by atoms with E-state index in [-0.39, 0.29) is 30.3 Å². The van der Waals surface area contributed by atoms with Gasteiger partial charge in [0.05, 0.1) is 6.54 Å². The Morgan fingerprint density at radius 1 is 0.926 bits per heavy atom. The van der Waals surface area contributed by atoms with Gasteiger partial charge in [-0.15, -0.1) is 0 Å². The van der Waals surface area contributed by atoms with Gasteiger partial charge in [-0.05, 0) is 80.4 Å². The average molecular weight is 376 g/mol. The molecule has 0 spiro atoms. The molecular formula is C21H26F2N2O2. The lowest BCUT2D eigenvalue weighted by Gasteiger charge is -2.55. The van der Waals surface area contributed by atoms with Crippen LogP contribution in [0.5, 0.6) is 0 Å². The zero-order valence-electron chi connectivity index (χ0n) is 15.4. The maximum atomic E-state index is 13.2. The number of benzene rings is 1. The molecule has 0 radical (unpaired) electrons. The SMILES string of the molecule is O=C(CNC(=O)C12CC3CC(CC(C3)C1)C2)NCCc1cc(F)cc(F)c1.